The smallest absolute Gasteiger partial charge is 0.308 e. The number of carbonyl (C=O) groups excluding carboxylic acids is 1. The van der Waals surface area contributed by atoms with Crippen LogP contribution in [0.4, 0.5) is 0 Å². The number of rotatable bonds is 5. The second-order valence-electron chi connectivity index (χ2n) is 5.09. The van der Waals surface area contributed by atoms with Gasteiger partial charge in [-0.3, -0.25) is 9.59 Å². The Hall–Kier alpha value is -1.10. The van der Waals surface area contributed by atoms with Crippen molar-refractivity contribution in [2.24, 2.45) is 11.8 Å². The van der Waals surface area contributed by atoms with E-state index in [9.17, 15) is 9.59 Å². The Labute approximate surface area is 101 Å². The lowest BCUT2D eigenvalue weighted by Gasteiger charge is -2.30. The van der Waals surface area contributed by atoms with E-state index < -0.39 is 5.97 Å². The first-order valence-electron chi connectivity index (χ1n) is 6.38. The van der Waals surface area contributed by atoms with Gasteiger partial charge in [0.1, 0.15) is 0 Å². The van der Waals surface area contributed by atoms with E-state index in [2.05, 4.69) is 5.32 Å². The molecule has 1 saturated carbocycles. The highest BCUT2D eigenvalue weighted by atomic mass is 16.4. The maximum absolute atomic E-state index is 11.8. The van der Waals surface area contributed by atoms with Crippen molar-refractivity contribution in [1.29, 1.82) is 0 Å². The monoisotopic (exact) mass is 240 g/mol. The average molecular weight is 240 g/mol. The molecule has 1 heterocycles. The average Bonchev–Trinajstić information content (AvgIpc) is 3.13. The Kier molecular flexibility index (Phi) is 3.99. The number of amides is 1. The number of carbonyl (C=O) groups is 2. The summed E-state index contributed by atoms with van der Waals surface area (Å²) in [4.78, 5) is 24.4. The highest BCUT2D eigenvalue weighted by Crippen LogP contribution is 2.27. The number of carboxylic acid groups (broad SMARTS) is 1. The topological polar surface area (TPSA) is 69.6 Å². The minimum Gasteiger partial charge on any atom is -0.481 e. The van der Waals surface area contributed by atoms with Gasteiger partial charge < -0.3 is 15.3 Å². The molecule has 2 fully saturated rings. The Morgan fingerprint density at radius 2 is 2.06 bits per heavy atom. The summed E-state index contributed by atoms with van der Waals surface area (Å²) in [5, 5.41) is 12.1. The van der Waals surface area contributed by atoms with Crippen molar-refractivity contribution in [2.45, 2.75) is 25.7 Å². The molecule has 5 heteroatoms. The fraction of sp³-hybridized carbons (Fsp3) is 0.833. The maximum atomic E-state index is 11.8. The zero-order chi connectivity index (χ0) is 12.3. The van der Waals surface area contributed by atoms with Crippen molar-refractivity contribution in [3.05, 3.63) is 0 Å². The van der Waals surface area contributed by atoms with Gasteiger partial charge in [0.2, 0.25) is 5.91 Å². The van der Waals surface area contributed by atoms with E-state index in [0.29, 0.717) is 26.1 Å². The molecule has 96 valence electrons. The van der Waals surface area contributed by atoms with Gasteiger partial charge in [-0.2, -0.15) is 0 Å². The van der Waals surface area contributed by atoms with Gasteiger partial charge in [0.25, 0.3) is 0 Å². The fourth-order valence-corrected chi connectivity index (χ4v) is 2.22. The van der Waals surface area contributed by atoms with Gasteiger partial charge in [-0.1, -0.05) is 0 Å². The lowest BCUT2D eigenvalue weighted by molar-refractivity contribution is -0.145. The number of hydrogen-bond donors (Lipinski definition) is 2. The molecule has 1 aliphatic heterocycles. The minimum atomic E-state index is -0.784. The highest BCUT2D eigenvalue weighted by Gasteiger charge is 2.28. The number of likely N-dealkylation sites (tertiary alicyclic amines) is 1. The molecular weight excluding hydrogens is 220 g/mol. The van der Waals surface area contributed by atoms with Crippen molar-refractivity contribution in [1.82, 2.24) is 10.2 Å². The normalized spacial score (nSPS) is 24.7. The predicted octanol–water partition coefficient (Wildman–Crippen LogP) is 0.309. The number of piperidine rings is 1. The summed E-state index contributed by atoms with van der Waals surface area (Å²) >= 11 is 0. The van der Waals surface area contributed by atoms with Crippen LogP contribution in [0.1, 0.15) is 25.7 Å². The predicted molar refractivity (Wildman–Crippen MR) is 62.5 cm³/mol. The molecule has 1 atom stereocenters. The molecule has 17 heavy (non-hydrogen) atoms. The molecule has 1 amide bonds. The van der Waals surface area contributed by atoms with Crippen LogP contribution < -0.4 is 5.32 Å². The molecule has 0 spiro atoms. The van der Waals surface area contributed by atoms with Crippen LogP contribution in [-0.2, 0) is 9.59 Å². The third-order valence-corrected chi connectivity index (χ3v) is 3.53. The van der Waals surface area contributed by atoms with E-state index in [-0.39, 0.29) is 11.8 Å². The molecule has 0 aromatic heterocycles. The number of carboxylic acids is 1. The molecule has 2 rings (SSSR count). The summed E-state index contributed by atoms with van der Waals surface area (Å²) in [7, 11) is 0. The molecule has 0 aromatic carbocycles. The first kappa shape index (κ1) is 12.4. The second kappa shape index (κ2) is 5.49. The Morgan fingerprint density at radius 1 is 1.29 bits per heavy atom. The van der Waals surface area contributed by atoms with Crippen LogP contribution in [0.3, 0.4) is 0 Å². The summed E-state index contributed by atoms with van der Waals surface area (Å²) in [6.45, 7) is 2.35. The van der Waals surface area contributed by atoms with E-state index in [1.54, 1.807) is 4.90 Å². The maximum Gasteiger partial charge on any atom is 0.308 e. The fourth-order valence-electron chi connectivity index (χ4n) is 2.22. The molecule has 2 N–H and O–H groups in total. The Morgan fingerprint density at radius 3 is 2.71 bits per heavy atom. The highest BCUT2D eigenvalue weighted by molar-refractivity contribution is 5.79. The van der Waals surface area contributed by atoms with Crippen molar-refractivity contribution in [3.8, 4) is 0 Å². The van der Waals surface area contributed by atoms with Crippen LogP contribution in [0.25, 0.3) is 0 Å². The van der Waals surface area contributed by atoms with Crippen LogP contribution in [0.2, 0.25) is 0 Å². The van der Waals surface area contributed by atoms with Gasteiger partial charge in [-0.05, 0) is 38.1 Å². The van der Waals surface area contributed by atoms with Crippen LogP contribution in [0.15, 0.2) is 0 Å². The van der Waals surface area contributed by atoms with Gasteiger partial charge in [-0.15, -0.1) is 0 Å². The summed E-state index contributed by atoms with van der Waals surface area (Å²) in [5.74, 6) is -0.364. The first-order chi connectivity index (χ1) is 8.16. The largest absolute Gasteiger partial charge is 0.481 e. The van der Waals surface area contributed by atoms with E-state index in [1.807, 2.05) is 0 Å². The van der Waals surface area contributed by atoms with Crippen molar-refractivity contribution in [3.63, 3.8) is 0 Å². The van der Waals surface area contributed by atoms with E-state index in [4.69, 9.17) is 5.11 Å². The van der Waals surface area contributed by atoms with Gasteiger partial charge in [-0.25, -0.2) is 0 Å². The zero-order valence-corrected chi connectivity index (χ0v) is 10.0. The van der Waals surface area contributed by atoms with Crippen LogP contribution in [0.5, 0.6) is 0 Å². The third kappa shape index (κ3) is 3.70. The lowest BCUT2D eigenvalue weighted by Crippen LogP contribution is -2.45. The number of aliphatic carboxylic acids is 1. The van der Waals surface area contributed by atoms with Gasteiger partial charge in [0.15, 0.2) is 0 Å². The van der Waals surface area contributed by atoms with Crippen LogP contribution in [-0.4, -0.2) is 48.1 Å². The number of nitrogens with zero attached hydrogens (tertiary/aromatic N) is 1. The Balaban J connectivity index is 1.71. The molecule has 5 nitrogen and oxygen atoms in total. The van der Waals surface area contributed by atoms with E-state index >= 15 is 0 Å². The summed E-state index contributed by atoms with van der Waals surface area (Å²) in [6.07, 6.45) is 4.03. The molecule has 1 aliphatic carbocycles. The lowest BCUT2D eigenvalue weighted by atomic mass is 9.98. The number of hydrogen-bond acceptors (Lipinski definition) is 3. The van der Waals surface area contributed by atoms with Gasteiger partial charge in [0, 0.05) is 13.1 Å². The molecule has 2 aliphatic rings. The minimum absolute atomic E-state index is 0.0385. The summed E-state index contributed by atoms with van der Waals surface area (Å²) in [6, 6.07) is 0. The second-order valence-corrected chi connectivity index (χ2v) is 5.09. The van der Waals surface area contributed by atoms with Crippen molar-refractivity contribution >= 4 is 11.9 Å². The van der Waals surface area contributed by atoms with Gasteiger partial charge in [0.05, 0.1) is 12.5 Å². The van der Waals surface area contributed by atoms with E-state index in [1.165, 1.54) is 12.8 Å². The first-order valence-corrected chi connectivity index (χ1v) is 6.38. The molecular formula is C12H20N2O3. The summed E-state index contributed by atoms with van der Waals surface area (Å²) in [5.41, 5.74) is 0. The van der Waals surface area contributed by atoms with Crippen molar-refractivity contribution in [2.75, 3.05) is 26.2 Å². The molecule has 0 aromatic rings. The van der Waals surface area contributed by atoms with Crippen LogP contribution in [0, 0.1) is 11.8 Å². The summed E-state index contributed by atoms with van der Waals surface area (Å²) < 4.78 is 0. The standard InChI is InChI=1S/C12H20N2O3/c15-11(7-13-6-9-3-4-9)14-5-1-2-10(8-14)12(16)17/h9-10,13H,1-8H2,(H,16,17)/t10-/m1/s1. The molecule has 1 saturated heterocycles. The van der Waals surface area contributed by atoms with Gasteiger partial charge >= 0.3 is 5.97 Å². The Bertz CT molecular complexity index is 302. The quantitative estimate of drug-likeness (QED) is 0.725. The zero-order valence-electron chi connectivity index (χ0n) is 10.0. The SMILES string of the molecule is O=C(O)[C@@H]1CCCN(C(=O)CNCC2CC2)C1. The van der Waals surface area contributed by atoms with Crippen LogP contribution >= 0.6 is 0 Å². The molecule has 0 unspecified atom stereocenters. The van der Waals surface area contributed by atoms with Crippen molar-refractivity contribution < 1.29 is 14.7 Å². The number of nitrogens with one attached hydrogen (secondary N) is 1. The van der Waals surface area contributed by atoms with E-state index in [0.717, 1.165) is 18.9 Å². The third-order valence-electron chi connectivity index (χ3n) is 3.53. The molecule has 0 bridgehead atoms. The molecule has 0 radical (unpaired) electrons.